The summed E-state index contributed by atoms with van der Waals surface area (Å²) in [7, 11) is 0. The molecule has 0 aliphatic carbocycles. The molecule has 0 radical (unpaired) electrons. The molecule has 0 saturated carbocycles. The average Bonchev–Trinajstić information content (AvgIpc) is 3.45. The number of nitrogens with one attached hydrogen (secondary N) is 1. The summed E-state index contributed by atoms with van der Waals surface area (Å²) in [6.07, 6.45) is 52.0. The van der Waals surface area contributed by atoms with Gasteiger partial charge in [-0.3, -0.25) is 14.6 Å². The number of rotatable bonds is 70. The van der Waals surface area contributed by atoms with Crippen molar-refractivity contribution in [2.24, 2.45) is 0 Å². The van der Waals surface area contributed by atoms with Crippen molar-refractivity contribution in [2.45, 2.75) is 341 Å². The maximum absolute atomic E-state index is 13.0. The van der Waals surface area contributed by atoms with Crippen LogP contribution in [0.2, 0.25) is 0 Å². The first kappa shape index (κ1) is 80.1. The predicted molar refractivity (Wildman–Crippen MR) is 344 cm³/mol. The van der Waals surface area contributed by atoms with Crippen molar-refractivity contribution in [2.75, 3.05) is 98.7 Å². The lowest BCUT2D eigenvalue weighted by Crippen LogP contribution is -2.41. The standard InChI is InChI=1S/C69H141N3O9/c1-5-9-13-17-21-25-29-33-37-45-53-78-61-65(73)57-71(58-66(74)62-79-54-46-38-34-30-26-22-18-14-10-6-2)51-43-41-49-69(77)70-50-42-44-52-72(59-67(75)63-80-55-47-39-35-31-27-23-19-15-11-7-3)60-68(76)64-81-56-48-40-36-32-28-24-20-16-12-8-4/h65-68,73-76H,5-64H2,1-4H3,(H,70,77). The van der Waals surface area contributed by atoms with Crippen molar-refractivity contribution >= 4 is 5.91 Å². The van der Waals surface area contributed by atoms with Crippen LogP contribution in [-0.4, -0.2) is 159 Å². The van der Waals surface area contributed by atoms with Gasteiger partial charge in [0, 0.05) is 65.6 Å². The molecule has 0 aromatic rings. The van der Waals surface area contributed by atoms with Crippen LogP contribution in [0, 0.1) is 0 Å². The quantitative estimate of drug-likeness (QED) is 0.0370. The van der Waals surface area contributed by atoms with Crippen molar-refractivity contribution < 1.29 is 44.2 Å². The van der Waals surface area contributed by atoms with Gasteiger partial charge in [-0.1, -0.05) is 259 Å². The third-order valence-electron chi connectivity index (χ3n) is 16.0. The van der Waals surface area contributed by atoms with Gasteiger partial charge in [-0.25, -0.2) is 0 Å². The minimum absolute atomic E-state index is 0.0317. The van der Waals surface area contributed by atoms with E-state index in [0.29, 0.717) is 85.1 Å². The van der Waals surface area contributed by atoms with Gasteiger partial charge in [0.25, 0.3) is 0 Å². The summed E-state index contributed by atoms with van der Waals surface area (Å²) < 4.78 is 23.7. The first-order valence-electron chi connectivity index (χ1n) is 35.5. The van der Waals surface area contributed by atoms with Gasteiger partial charge in [0.1, 0.15) is 0 Å². The molecular formula is C69H141N3O9. The molecule has 81 heavy (non-hydrogen) atoms. The molecule has 0 rings (SSSR count). The van der Waals surface area contributed by atoms with E-state index in [4.69, 9.17) is 18.9 Å². The van der Waals surface area contributed by atoms with Crippen LogP contribution >= 0.6 is 0 Å². The van der Waals surface area contributed by atoms with Crippen molar-refractivity contribution in [3.05, 3.63) is 0 Å². The van der Waals surface area contributed by atoms with Gasteiger partial charge in [0.05, 0.1) is 50.8 Å². The molecule has 0 saturated heterocycles. The second-order valence-electron chi connectivity index (χ2n) is 24.7. The first-order chi connectivity index (χ1) is 39.7. The maximum atomic E-state index is 13.0. The van der Waals surface area contributed by atoms with Gasteiger partial charge in [0.2, 0.25) is 5.91 Å². The van der Waals surface area contributed by atoms with Crippen LogP contribution in [0.4, 0.5) is 0 Å². The van der Waals surface area contributed by atoms with E-state index in [2.05, 4.69) is 42.8 Å². The van der Waals surface area contributed by atoms with Gasteiger partial charge in [-0.05, 0) is 64.5 Å². The third-order valence-corrected chi connectivity index (χ3v) is 16.0. The number of hydrogen-bond donors (Lipinski definition) is 5. The van der Waals surface area contributed by atoms with E-state index >= 15 is 0 Å². The molecule has 0 aliphatic heterocycles. The number of aliphatic hydroxyl groups is 4. The van der Waals surface area contributed by atoms with Gasteiger partial charge in [-0.15, -0.1) is 0 Å². The molecule has 5 N–H and O–H groups in total. The van der Waals surface area contributed by atoms with E-state index < -0.39 is 24.4 Å². The van der Waals surface area contributed by atoms with E-state index in [-0.39, 0.29) is 32.3 Å². The summed E-state index contributed by atoms with van der Waals surface area (Å²) in [5.74, 6) is 0.0317. The highest BCUT2D eigenvalue weighted by Crippen LogP contribution is 2.15. The maximum Gasteiger partial charge on any atom is 0.219 e. The highest BCUT2D eigenvalue weighted by atomic mass is 16.5. The van der Waals surface area contributed by atoms with Crippen molar-refractivity contribution in [3.63, 3.8) is 0 Å². The van der Waals surface area contributed by atoms with Crippen LogP contribution in [0.1, 0.15) is 317 Å². The lowest BCUT2D eigenvalue weighted by molar-refractivity contribution is -0.121. The monoisotopic (exact) mass is 1160 g/mol. The summed E-state index contributed by atoms with van der Waals surface area (Å²) in [6.45, 7) is 16.4. The zero-order chi connectivity index (χ0) is 59.0. The minimum atomic E-state index is -0.654. The number of carbonyl (C=O) groups excluding carboxylic acids is 1. The Morgan fingerprint density at radius 2 is 0.531 bits per heavy atom. The Morgan fingerprint density at radius 1 is 0.309 bits per heavy atom. The van der Waals surface area contributed by atoms with Gasteiger partial charge in [0.15, 0.2) is 0 Å². The zero-order valence-electron chi connectivity index (χ0n) is 54.5. The zero-order valence-corrected chi connectivity index (χ0v) is 54.5. The molecule has 0 heterocycles. The van der Waals surface area contributed by atoms with E-state index in [1.54, 1.807) is 0 Å². The molecule has 486 valence electrons. The smallest absolute Gasteiger partial charge is 0.219 e. The Bertz CT molecular complexity index is 1140. The van der Waals surface area contributed by atoms with Crippen molar-refractivity contribution in [3.8, 4) is 0 Å². The summed E-state index contributed by atoms with van der Waals surface area (Å²) in [5.41, 5.74) is 0. The summed E-state index contributed by atoms with van der Waals surface area (Å²) in [4.78, 5) is 17.2. The fraction of sp³-hybridized carbons (Fsp3) is 0.986. The number of ether oxygens (including phenoxy) is 4. The van der Waals surface area contributed by atoms with Crippen LogP contribution in [-0.2, 0) is 23.7 Å². The average molecular weight is 1160 g/mol. The van der Waals surface area contributed by atoms with E-state index in [1.165, 1.54) is 218 Å². The SMILES string of the molecule is CCCCCCCCCCCCOCC(O)CN(CCCCNC(=O)CCCCN(CC(O)COCCCCCCCCCCCC)CC(O)COCCCCCCCCCCCC)CC(O)COCCCCCCCCCCCC. The van der Waals surface area contributed by atoms with Crippen LogP contribution in [0.15, 0.2) is 0 Å². The molecule has 0 spiro atoms. The Hall–Kier alpha value is -0.930. The Balaban J connectivity index is 4.90. The number of unbranched alkanes of at least 4 members (excludes halogenated alkanes) is 38. The largest absolute Gasteiger partial charge is 0.389 e. The predicted octanol–water partition coefficient (Wildman–Crippen LogP) is 15.9. The topological polar surface area (TPSA) is 153 Å². The highest BCUT2D eigenvalue weighted by molar-refractivity contribution is 5.75. The molecule has 4 unspecified atom stereocenters. The number of amides is 1. The number of hydrogen-bond acceptors (Lipinski definition) is 11. The van der Waals surface area contributed by atoms with E-state index in [9.17, 15) is 25.2 Å². The fourth-order valence-electron chi connectivity index (χ4n) is 11.0. The molecule has 4 atom stereocenters. The molecule has 12 heteroatoms. The highest BCUT2D eigenvalue weighted by Gasteiger charge is 2.19. The Morgan fingerprint density at radius 3 is 0.778 bits per heavy atom. The number of carbonyl (C=O) groups is 1. The summed E-state index contributed by atoms with van der Waals surface area (Å²) in [5, 5.41) is 47.1. The fourth-order valence-corrected chi connectivity index (χ4v) is 11.0. The van der Waals surface area contributed by atoms with Crippen LogP contribution in [0.5, 0.6) is 0 Å². The van der Waals surface area contributed by atoms with Gasteiger partial charge >= 0.3 is 0 Å². The van der Waals surface area contributed by atoms with E-state index in [0.717, 1.165) is 57.8 Å². The van der Waals surface area contributed by atoms with E-state index in [1.807, 2.05) is 0 Å². The van der Waals surface area contributed by atoms with Crippen molar-refractivity contribution in [1.29, 1.82) is 0 Å². The minimum Gasteiger partial charge on any atom is -0.389 e. The molecule has 0 aliphatic rings. The second kappa shape index (κ2) is 66.6. The second-order valence-corrected chi connectivity index (χ2v) is 24.7. The van der Waals surface area contributed by atoms with Gasteiger partial charge < -0.3 is 44.7 Å². The normalized spacial score (nSPS) is 13.5. The summed E-state index contributed by atoms with van der Waals surface area (Å²) >= 11 is 0. The van der Waals surface area contributed by atoms with Crippen LogP contribution in [0.25, 0.3) is 0 Å². The lowest BCUT2D eigenvalue weighted by atomic mass is 10.1. The molecule has 1 amide bonds. The molecule has 0 aromatic carbocycles. The molecule has 0 aromatic heterocycles. The number of nitrogens with zero attached hydrogens (tertiary/aromatic N) is 2. The Kier molecular flexibility index (Phi) is 65.8. The van der Waals surface area contributed by atoms with Crippen molar-refractivity contribution in [1.82, 2.24) is 15.1 Å². The van der Waals surface area contributed by atoms with Crippen LogP contribution < -0.4 is 5.32 Å². The molecule has 0 fully saturated rings. The third kappa shape index (κ3) is 63.4. The Labute approximate surface area is 502 Å². The van der Waals surface area contributed by atoms with Gasteiger partial charge in [-0.2, -0.15) is 0 Å². The van der Waals surface area contributed by atoms with Crippen LogP contribution in [0.3, 0.4) is 0 Å². The molecule has 12 nitrogen and oxygen atoms in total. The first-order valence-corrected chi connectivity index (χ1v) is 35.5. The molecular weight excluding hydrogens is 1010 g/mol. The molecule has 0 bridgehead atoms. The lowest BCUT2D eigenvalue weighted by Gasteiger charge is -2.27. The number of aliphatic hydroxyl groups excluding tert-OH is 4. The summed E-state index contributed by atoms with van der Waals surface area (Å²) in [6, 6.07) is 0.